The maximum absolute atomic E-state index is 13.1. The van der Waals surface area contributed by atoms with Gasteiger partial charge in [-0.05, 0) is 43.2 Å². The number of carboxylic acid groups (broad SMARTS) is 1. The summed E-state index contributed by atoms with van der Waals surface area (Å²) in [6.45, 7) is 1.68. The van der Waals surface area contributed by atoms with Crippen LogP contribution >= 0.6 is 0 Å². The number of hydrogen-bond donors (Lipinski definition) is 2. The lowest BCUT2D eigenvalue weighted by Gasteiger charge is -2.33. The summed E-state index contributed by atoms with van der Waals surface area (Å²) >= 11 is 0. The highest BCUT2D eigenvalue weighted by Crippen LogP contribution is 2.32. The molecule has 2 N–H and O–H groups in total. The third kappa shape index (κ3) is 6.67. The summed E-state index contributed by atoms with van der Waals surface area (Å²) in [5.74, 6) is -0.533. The molecular formula is C23H23F4N5O3. The van der Waals surface area contributed by atoms with Gasteiger partial charge in [0.2, 0.25) is 0 Å². The summed E-state index contributed by atoms with van der Waals surface area (Å²) in [6, 6.07) is 8.62. The Balaban J connectivity index is 0.000000364. The highest BCUT2D eigenvalue weighted by molar-refractivity contribution is 5.80. The average molecular weight is 493 g/mol. The Morgan fingerprint density at radius 1 is 1.03 bits per heavy atom. The first-order chi connectivity index (χ1) is 16.7. The van der Waals surface area contributed by atoms with Crippen LogP contribution in [0.3, 0.4) is 0 Å². The van der Waals surface area contributed by atoms with Crippen LogP contribution in [0.1, 0.15) is 25.7 Å². The van der Waals surface area contributed by atoms with Crippen LogP contribution in [-0.4, -0.2) is 57.4 Å². The minimum Gasteiger partial charge on any atom is -0.490 e. The van der Waals surface area contributed by atoms with Crippen molar-refractivity contribution in [3.63, 3.8) is 0 Å². The van der Waals surface area contributed by atoms with E-state index in [1.165, 1.54) is 25.0 Å². The second-order valence-corrected chi connectivity index (χ2v) is 8.24. The zero-order valence-electron chi connectivity index (χ0n) is 18.5. The highest BCUT2D eigenvalue weighted by atomic mass is 19.4. The molecule has 2 fully saturated rings. The first-order valence-electron chi connectivity index (χ1n) is 11.0. The number of nitrogens with zero attached hydrogens (tertiary/aromatic N) is 4. The number of carboxylic acids is 1. The Morgan fingerprint density at radius 3 is 2.29 bits per heavy atom. The Bertz CT molecular complexity index is 1160. The fourth-order valence-electron chi connectivity index (χ4n) is 3.53. The van der Waals surface area contributed by atoms with Gasteiger partial charge in [0, 0.05) is 38.2 Å². The zero-order chi connectivity index (χ0) is 25.0. The van der Waals surface area contributed by atoms with E-state index in [2.05, 4.69) is 15.2 Å². The van der Waals surface area contributed by atoms with Crippen LogP contribution in [0, 0.1) is 5.82 Å². The topological polar surface area (TPSA) is 100 Å². The molecule has 35 heavy (non-hydrogen) atoms. The fourth-order valence-corrected chi connectivity index (χ4v) is 3.53. The summed E-state index contributed by atoms with van der Waals surface area (Å²) in [5.41, 5.74) is 1.67. The minimum atomic E-state index is -5.08. The molecule has 0 unspecified atom stereocenters. The summed E-state index contributed by atoms with van der Waals surface area (Å²) in [6.07, 6.45) is 2.68. The normalized spacial score (nSPS) is 16.4. The molecule has 1 aliphatic heterocycles. The van der Waals surface area contributed by atoms with Crippen molar-refractivity contribution < 1.29 is 32.2 Å². The lowest BCUT2D eigenvalue weighted by atomic mass is 10.1. The molecule has 8 nitrogen and oxygen atoms in total. The van der Waals surface area contributed by atoms with Gasteiger partial charge in [-0.15, -0.1) is 0 Å². The number of aromatic nitrogens is 3. The van der Waals surface area contributed by atoms with Crippen molar-refractivity contribution in [2.75, 3.05) is 23.3 Å². The van der Waals surface area contributed by atoms with E-state index in [1.54, 1.807) is 24.5 Å². The van der Waals surface area contributed by atoms with Crippen molar-refractivity contribution in [3.05, 3.63) is 48.5 Å². The molecule has 1 aliphatic carbocycles. The van der Waals surface area contributed by atoms with Crippen molar-refractivity contribution in [1.82, 2.24) is 15.0 Å². The number of carbonyl (C=O) groups is 1. The molecule has 2 aromatic heterocycles. The maximum Gasteiger partial charge on any atom is 0.490 e. The number of benzene rings is 1. The SMILES string of the molecule is Fc1ccc(OC2CCN(c3nc4cnccc4nc3NC3CC3)CC2)cc1.O=C(O)C(F)(F)F. The standard InChI is InChI=1S/C21H22FN5O.C2HF3O2/c22-14-1-5-16(6-2-14)28-17-8-11-27(12-9-17)21-20(24-15-3-4-15)25-18-7-10-23-13-19(18)26-21;3-2(4,5)1(6)7/h1-2,5-7,10,13,15,17H,3-4,8-9,11-12H2,(H,24,25);(H,6,7). The van der Waals surface area contributed by atoms with Crippen molar-refractivity contribution >= 4 is 28.6 Å². The van der Waals surface area contributed by atoms with Gasteiger partial charge < -0.3 is 20.1 Å². The molecule has 1 saturated heterocycles. The van der Waals surface area contributed by atoms with Crippen LogP contribution < -0.4 is 15.0 Å². The molecular weight excluding hydrogens is 470 g/mol. The number of rotatable bonds is 5. The molecule has 1 aromatic carbocycles. The summed E-state index contributed by atoms with van der Waals surface area (Å²) in [5, 5.41) is 10.7. The molecule has 1 saturated carbocycles. The summed E-state index contributed by atoms with van der Waals surface area (Å²) < 4.78 is 50.8. The number of fused-ring (bicyclic) bond motifs is 1. The van der Waals surface area contributed by atoms with Gasteiger partial charge >= 0.3 is 12.1 Å². The predicted octanol–water partition coefficient (Wildman–Crippen LogP) is 4.42. The Hall–Kier alpha value is -3.70. The van der Waals surface area contributed by atoms with E-state index in [9.17, 15) is 17.6 Å². The number of piperidine rings is 1. The third-order valence-electron chi connectivity index (χ3n) is 5.47. The van der Waals surface area contributed by atoms with Crippen LogP contribution in [0.25, 0.3) is 11.0 Å². The van der Waals surface area contributed by atoms with E-state index in [1.807, 2.05) is 6.07 Å². The maximum atomic E-state index is 13.1. The zero-order valence-corrected chi connectivity index (χ0v) is 18.5. The molecule has 5 rings (SSSR count). The van der Waals surface area contributed by atoms with Gasteiger partial charge in [-0.1, -0.05) is 0 Å². The minimum absolute atomic E-state index is 0.122. The van der Waals surface area contributed by atoms with Crippen LogP contribution in [-0.2, 0) is 4.79 Å². The number of nitrogens with one attached hydrogen (secondary N) is 1. The van der Waals surface area contributed by atoms with Crippen LogP contribution in [0.4, 0.5) is 29.2 Å². The van der Waals surface area contributed by atoms with Gasteiger partial charge in [-0.3, -0.25) is 4.98 Å². The summed E-state index contributed by atoms with van der Waals surface area (Å²) in [7, 11) is 0. The van der Waals surface area contributed by atoms with E-state index < -0.39 is 12.1 Å². The average Bonchev–Trinajstić information content (AvgIpc) is 3.65. The van der Waals surface area contributed by atoms with E-state index in [0.717, 1.165) is 48.6 Å². The lowest BCUT2D eigenvalue weighted by Crippen LogP contribution is -2.39. The Labute approximate surface area is 198 Å². The van der Waals surface area contributed by atoms with Crippen LogP contribution in [0.5, 0.6) is 5.75 Å². The largest absolute Gasteiger partial charge is 0.490 e. The van der Waals surface area contributed by atoms with E-state index >= 15 is 0 Å². The summed E-state index contributed by atoms with van der Waals surface area (Å²) in [4.78, 5) is 25.0. The number of aliphatic carboxylic acids is 1. The first-order valence-corrected chi connectivity index (χ1v) is 11.0. The van der Waals surface area contributed by atoms with E-state index in [0.29, 0.717) is 11.8 Å². The lowest BCUT2D eigenvalue weighted by molar-refractivity contribution is -0.192. The van der Waals surface area contributed by atoms with E-state index in [4.69, 9.17) is 24.6 Å². The number of halogens is 4. The molecule has 0 atom stereocenters. The molecule has 0 radical (unpaired) electrons. The molecule has 0 bridgehead atoms. The Morgan fingerprint density at radius 2 is 1.69 bits per heavy atom. The molecule has 0 amide bonds. The number of hydrogen-bond acceptors (Lipinski definition) is 7. The molecule has 12 heteroatoms. The van der Waals surface area contributed by atoms with Gasteiger partial charge in [0.1, 0.15) is 23.2 Å². The molecule has 186 valence electrons. The van der Waals surface area contributed by atoms with Crippen molar-refractivity contribution in [3.8, 4) is 5.75 Å². The highest BCUT2D eigenvalue weighted by Gasteiger charge is 2.38. The van der Waals surface area contributed by atoms with Crippen molar-refractivity contribution in [2.45, 2.75) is 44.0 Å². The van der Waals surface area contributed by atoms with Gasteiger partial charge in [0.25, 0.3) is 0 Å². The van der Waals surface area contributed by atoms with Crippen LogP contribution in [0.15, 0.2) is 42.7 Å². The third-order valence-corrected chi connectivity index (χ3v) is 5.47. The number of ether oxygens (including phenoxy) is 1. The second-order valence-electron chi connectivity index (χ2n) is 8.24. The predicted molar refractivity (Wildman–Crippen MR) is 120 cm³/mol. The second kappa shape index (κ2) is 10.3. The first kappa shape index (κ1) is 24.4. The molecule has 0 spiro atoms. The fraction of sp³-hybridized carbons (Fsp3) is 0.391. The smallest absolute Gasteiger partial charge is 0.490 e. The van der Waals surface area contributed by atoms with E-state index in [-0.39, 0.29) is 11.9 Å². The molecule has 2 aliphatic rings. The Kier molecular flexibility index (Phi) is 7.17. The number of alkyl halides is 3. The number of pyridine rings is 1. The number of anilines is 2. The van der Waals surface area contributed by atoms with Crippen molar-refractivity contribution in [2.24, 2.45) is 0 Å². The van der Waals surface area contributed by atoms with Crippen LogP contribution in [0.2, 0.25) is 0 Å². The quantitative estimate of drug-likeness (QED) is 0.504. The van der Waals surface area contributed by atoms with Gasteiger partial charge in [0.05, 0.1) is 11.7 Å². The van der Waals surface area contributed by atoms with Gasteiger partial charge in [-0.2, -0.15) is 13.2 Å². The molecule has 3 heterocycles. The monoisotopic (exact) mass is 493 g/mol. The van der Waals surface area contributed by atoms with Gasteiger partial charge in [-0.25, -0.2) is 19.2 Å². The van der Waals surface area contributed by atoms with Crippen molar-refractivity contribution in [1.29, 1.82) is 0 Å². The van der Waals surface area contributed by atoms with Gasteiger partial charge in [0.15, 0.2) is 11.6 Å². The molecule has 3 aromatic rings.